The van der Waals surface area contributed by atoms with Crippen molar-refractivity contribution in [2.45, 2.75) is 41.5 Å². The van der Waals surface area contributed by atoms with E-state index in [0.717, 1.165) is 34.1 Å². The summed E-state index contributed by atoms with van der Waals surface area (Å²) < 4.78 is 2.45. The van der Waals surface area contributed by atoms with E-state index in [2.05, 4.69) is 221 Å². The largest absolute Gasteiger partial charge is 0.310 e. The Hall–Kier alpha value is -6.16. The van der Waals surface area contributed by atoms with E-state index in [0.29, 0.717) is 0 Å². The van der Waals surface area contributed by atoms with Crippen molar-refractivity contribution >= 4 is 59.8 Å². The van der Waals surface area contributed by atoms with Gasteiger partial charge in [-0.3, -0.25) is 0 Å². The molecule has 1 heterocycles. The van der Waals surface area contributed by atoms with Crippen LogP contribution in [0.5, 0.6) is 0 Å². The number of rotatable bonds is 13. The first-order chi connectivity index (χ1) is 27.0. The fraction of sp³-hybridized carbons (Fsp3) is 0.115. The van der Waals surface area contributed by atoms with Gasteiger partial charge in [0, 0.05) is 43.9 Å². The first kappa shape index (κ1) is 40.0. The maximum Gasteiger partial charge on any atom is 0.0661 e. The maximum atomic E-state index is 4.11. The van der Waals surface area contributed by atoms with Crippen LogP contribution in [0.4, 0.5) is 22.7 Å². The van der Waals surface area contributed by atoms with Gasteiger partial charge in [0.25, 0.3) is 0 Å². The highest BCUT2D eigenvalue weighted by Gasteiger charge is 2.23. The molecule has 0 spiro atoms. The summed E-state index contributed by atoms with van der Waals surface area (Å²) in [5, 5.41) is 2.43. The Morgan fingerprint density at radius 3 is 1.69 bits per heavy atom. The molecule has 0 N–H and O–H groups in total. The van der Waals surface area contributed by atoms with E-state index in [4.69, 9.17) is 0 Å². The number of fused-ring (bicyclic) bond motifs is 3. The molecule has 1 aromatic heterocycles. The van der Waals surface area contributed by atoms with E-state index in [1.54, 1.807) is 0 Å². The smallest absolute Gasteiger partial charge is 0.0661 e. The fourth-order valence-electron chi connectivity index (χ4n) is 6.73. The molecule has 3 heteroatoms. The molecule has 0 radical (unpaired) electrons. The third-order valence-electron chi connectivity index (χ3n) is 9.06. The lowest BCUT2D eigenvalue weighted by atomic mass is 10.0. The Kier molecular flexibility index (Phi) is 14.4. The zero-order chi connectivity index (χ0) is 39.2. The molecular formula is C52H52N2S. The highest BCUT2D eigenvalue weighted by Crippen LogP contribution is 2.47. The minimum absolute atomic E-state index is 1.01. The van der Waals surface area contributed by atoms with E-state index >= 15 is 0 Å². The normalized spacial score (nSPS) is 12.4. The van der Waals surface area contributed by atoms with Gasteiger partial charge in [0.15, 0.2) is 0 Å². The van der Waals surface area contributed by atoms with E-state index in [1.807, 2.05) is 37.3 Å². The highest BCUT2D eigenvalue weighted by molar-refractivity contribution is 7.26. The molecule has 0 aliphatic carbocycles. The van der Waals surface area contributed by atoms with Crippen LogP contribution >= 0.6 is 11.3 Å². The number of benzene rings is 5. The van der Waals surface area contributed by atoms with Crippen molar-refractivity contribution in [1.82, 2.24) is 0 Å². The van der Waals surface area contributed by atoms with Crippen LogP contribution in [-0.4, -0.2) is 0 Å². The zero-order valence-electron chi connectivity index (χ0n) is 33.0. The SMILES string of the molecule is C=C/C=C(\C=C/C)N(c1ccc(C(/C=C\C)=C/C)cc1)c1cc(N(C(/C=C\C)=C/C=C)c2ccc(-c3ccccc3)cc2)c2sc3ccccc3c2c1.CC. The summed E-state index contributed by atoms with van der Waals surface area (Å²) in [6, 6.07) is 41.6. The third kappa shape index (κ3) is 8.97. The van der Waals surface area contributed by atoms with E-state index in [9.17, 15) is 0 Å². The molecule has 276 valence electrons. The summed E-state index contributed by atoms with van der Waals surface area (Å²) in [7, 11) is 0. The number of anilines is 4. The molecule has 0 saturated carbocycles. The molecule has 0 aliphatic rings. The summed E-state index contributed by atoms with van der Waals surface area (Å²) in [4.78, 5) is 4.69. The average molecular weight is 737 g/mol. The van der Waals surface area contributed by atoms with Crippen molar-refractivity contribution in [2.24, 2.45) is 0 Å². The highest BCUT2D eigenvalue weighted by atomic mass is 32.1. The lowest BCUT2D eigenvalue weighted by Gasteiger charge is -2.31. The van der Waals surface area contributed by atoms with Crippen molar-refractivity contribution in [3.63, 3.8) is 0 Å². The van der Waals surface area contributed by atoms with E-state index < -0.39 is 0 Å². The van der Waals surface area contributed by atoms with Gasteiger partial charge in [-0.1, -0.05) is 142 Å². The maximum absolute atomic E-state index is 4.11. The Balaban J connectivity index is 0.00000285. The van der Waals surface area contributed by atoms with E-state index in [1.165, 1.54) is 42.4 Å². The van der Waals surface area contributed by atoms with Crippen LogP contribution in [0.2, 0.25) is 0 Å². The molecule has 5 aromatic carbocycles. The summed E-state index contributed by atoms with van der Waals surface area (Å²) in [5.74, 6) is 0. The first-order valence-electron chi connectivity index (χ1n) is 19.1. The zero-order valence-corrected chi connectivity index (χ0v) is 33.9. The molecule has 2 nitrogen and oxygen atoms in total. The lowest BCUT2D eigenvalue weighted by molar-refractivity contribution is 1.19. The number of nitrogens with zero attached hydrogens (tertiary/aromatic N) is 2. The molecule has 0 amide bonds. The Morgan fingerprint density at radius 2 is 1.09 bits per heavy atom. The second-order valence-electron chi connectivity index (χ2n) is 12.5. The molecule has 0 unspecified atom stereocenters. The quantitative estimate of drug-likeness (QED) is 0.109. The second-order valence-corrected chi connectivity index (χ2v) is 13.5. The molecule has 0 fully saturated rings. The lowest BCUT2D eigenvalue weighted by Crippen LogP contribution is -2.18. The molecule has 6 aromatic rings. The van der Waals surface area contributed by atoms with Gasteiger partial charge in [-0.25, -0.2) is 0 Å². The summed E-state index contributed by atoms with van der Waals surface area (Å²) in [5.41, 5.74) is 11.0. The van der Waals surface area contributed by atoms with Gasteiger partial charge in [-0.05, 0) is 117 Å². The Bertz CT molecular complexity index is 2400. The number of allylic oxidation sites excluding steroid dienone is 12. The van der Waals surface area contributed by atoms with Crippen LogP contribution in [0.25, 0.3) is 36.9 Å². The third-order valence-corrected chi connectivity index (χ3v) is 10.3. The fourth-order valence-corrected chi connectivity index (χ4v) is 7.92. The predicted octanol–water partition coefficient (Wildman–Crippen LogP) is 16.3. The van der Waals surface area contributed by atoms with Crippen molar-refractivity contribution in [3.8, 4) is 11.1 Å². The van der Waals surface area contributed by atoms with Gasteiger partial charge in [0.05, 0.1) is 10.4 Å². The van der Waals surface area contributed by atoms with Gasteiger partial charge in [-0.15, -0.1) is 11.3 Å². The van der Waals surface area contributed by atoms with Crippen molar-refractivity contribution in [1.29, 1.82) is 0 Å². The van der Waals surface area contributed by atoms with Crippen molar-refractivity contribution < 1.29 is 0 Å². The van der Waals surface area contributed by atoms with Crippen LogP contribution < -0.4 is 9.80 Å². The first-order valence-corrected chi connectivity index (χ1v) is 19.9. The van der Waals surface area contributed by atoms with Crippen LogP contribution in [0.3, 0.4) is 0 Å². The van der Waals surface area contributed by atoms with Gasteiger partial charge in [0.2, 0.25) is 0 Å². The van der Waals surface area contributed by atoms with Gasteiger partial charge in [0.1, 0.15) is 0 Å². The van der Waals surface area contributed by atoms with Crippen LogP contribution in [-0.2, 0) is 0 Å². The molecule has 55 heavy (non-hydrogen) atoms. The summed E-state index contributed by atoms with van der Waals surface area (Å²) >= 11 is 1.83. The standard InChI is InChI=1S/C50H46N2S.C2H6/c1-7-18-37(12-6)39-27-31-43(32-28-39)51(41(19-8-2)20-9-3)45-35-47-46-25-16-17-26-49(46)53-50(47)48(36-45)52(42(21-10-4)22-11-5)44-33-29-40(30-34-44)38-23-14-13-15-24-38;1-2/h7-36H,2,4H2,1,3,5-6H3;1-2H3/b18-7-,20-9-,22-11-,37-12+,41-19+,42-21+;. The Morgan fingerprint density at radius 1 is 0.545 bits per heavy atom. The average Bonchev–Trinajstić information content (AvgIpc) is 3.61. The van der Waals surface area contributed by atoms with Crippen LogP contribution in [0.15, 0.2) is 207 Å². The molecule has 0 atom stereocenters. The molecule has 0 bridgehead atoms. The van der Waals surface area contributed by atoms with Gasteiger partial charge in [-0.2, -0.15) is 0 Å². The number of thiophene rings is 1. The summed E-state index contributed by atoms with van der Waals surface area (Å²) in [6.07, 6.45) is 22.7. The predicted molar refractivity (Wildman–Crippen MR) is 248 cm³/mol. The topological polar surface area (TPSA) is 6.48 Å². The van der Waals surface area contributed by atoms with Gasteiger partial charge >= 0.3 is 0 Å². The second kappa shape index (κ2) is 19.8. The number of hydrogen-bond donors (Lipinski definition) is 0. The molecule has 0 saturated heterocycles. The minimum Gasteiger partial charge on any atom is -0.310 e. The van der Waals surface area contributed by atoms with E-state index in [-0.39, 0.29) is 0 Å². The van der Waals surface area contributed by atoms with Gasteiger partial charge < -0.3 is 9.80 Å². The van der Waals surface area contributed by atoms with Crippen molar-refractivity contribution in [3.05, 3.63) is 212 Å². The number of hydrogen-bond acceptors (Lipinski definition) is 3. The van der Waals surface area contributed by atoms with Crippen LogP contribution in [0.1, 0.15) is 47.1 Å². The minimum atomic E-state index is 1.01. The molecule has 0 aliphatic heterocycles. The van der Waals surface area contributed by atoms with Crippen LogP contribution in [0, 0.1) is 0 Å². The summed E-state index contributed by atoms with van der Waals surface area (Å²) in [6.45, 7) is 20.5. The molecular weight excluding hydrogens is 685 g/mol. The van der Waals surface area contributed by atoms with Crippen molar-refractivity contribution in [2.75, 3.05) is 9.80 Å². The molecule has 6 rings (SSSR count). The monoisotopic (exact) mass is 736 g/mol. The Labute approximate surface area is 333 Å².